The Balaban J connectivity index is 1.42. The highest BCUT2D eigenvalue weighted by atomic mass is 32.2. The van der Waals surface area contributed by atoms with E-state index in [4.69, 9.17) is 5.14 Å². The van der Waals surface area contributed by atoms with Crippen molar-refractivity contribution >= 4 is 10.0 Å². The van der Waals surface area contributed by atoms with Crippen LogP contribution in [-0.2, 0) is 29.3 Å². The molecule has 1 saturated heterocycles. The molecule has 0 bridgehead atoms. The first-order chi connectivity index (χ1) is 14.9. The largest absolute Gasteiger partial charge is 0.303 e. The number of nitrogens with two attached hydrogens (primary N) is 1. The number of halogens is 1. The van der Waals surface area contributed by atoms with Gasteiger partial charge in [0, 0.05) is 6.54 Å². The van der Waals surface area contributed by atoms with Crippen LogP contribution in [0.5, 0.6) is 0 Å². The molecule has 2 aromatic carbocycles. The van der Waals surface area contributed by atoms with E-state index in [9.17, 15) is 12.8 Å². The molecule has 0 radical (unpaired) electrons. The number of hydrogen-bond donors (Lipinski definition) is 1. The SMILES string of the molecule is NS(=O)(=O)C(Cc1ccc2c(c1)C(Cc1cccc(F)c1)C(CN1CCC1)C2)C1CC1. The molecule has 166 valence electrons. The molecule has 2 aliphatic carbocycles. The molecule has 1 aliphatic heterocycles. The Bertz CT molecular complexity index is 1060. The second-order valence-electron chi connectivity index (χ2n) is 9.76. The predicted octanol–water partition coefficient (Wildman–Crippen LogP) is 3.64. The van der Waals surface area contributed by atoms with Crippen LogP contribution in [0.1, 0.15) is 47.4 Å². The summed E-state index contributed by atoms with van der Waals surface area (Å²) in [5.41, 5.74) is 4.75. The minimum Gasteiger partial charge on any atom is -0.303 e. The number of sulfonamides is 1. The van der Waals surface area contributed by atoms with Crippen LogP contribution in [0, 0.1) is 17.7 Å². The van der Waals surface area contributed by atoms with Gasteiger partial charge in [-0.2, -0.15) is 0 Å². The zero-order valence-corrected chi connectivity index (χ0v) is 18.7. The second-order valence-corrected chi connectivity index (χ2v) is 11.5. The molecule has 5 rings (SSSR count). The number of benzene rings is 2. The van der Waals surface area contributed by atoms with Gasteiger partial charge in [-0.15, -0.1) is 0 Å². The van der Waals surface area contributed by atoms with Gasteiger partial charge < -0.3 is 4.90 Å². The van der Waals surface area contributed by atoms with Crippen molar-refractivity contribution in [3.05, 3.63) is 70.5 Å². The van der Waals surface area contributed by atoms with E-state index in [1.54, 1.807) is 12.1 Å². The van der Waals surface area contributed by atoms with Gasteiger partial charge in [-0.1, -0.05) is 30.3 Å². The fourth-order valence-electron chi connectivity index (χ4n) is 5.51. The third-order valence-corrected chi connectivity index (χ3v) is 8.85. The van der Waals surface area contributed by atoms with Crippen LogP contribution >= 0.6 is 0 Å². The van der Waals surface area contributed by atoms with E-state index in [0.29, 0.717) is 18.3 Å². The molecule has 31 heavy (non-hydrogen) atoms. The Kier molecular flexibility index (Phi) is 5.65. The van der Waals surface area contributed by atoms with Crippen LogP contribution in [-0.4, -0.2) is 38.2 Å². The number of nitrogens with zero attached hydrogens (tertiary/aromatic N) is 1. The molecule has 0 aromatic heterocycles. The van der Waals surface area contributed by atoms with E-state index in [0.717, 1.165) is 43.4 Å². The smallest absolute Gasteiger partial charge is 0.212 e. The molecule has 1 saturated carbocycles. The molecule has 4 nitrogen and oxygen atoms in total. The van der Waals surface area contributed by atoms with Crippen molar-refractivity contribution in [1.82, 2.24) is 4.90 Å². The molecular weight excluding hydrogens is 411 g/mol. The van der Waals surface area contributed by atoms with Gasteiger partial charge in [0.15, 0.2) is 0 Å². The van der Waals surface area contributed by atoms with Gasteiger partial charge in [-0.05, 0) is 104 Å². The molecule has 1 heterocycles. The number of rotatable bonds is 8. The van der Waals surface area contributed by atoms with Crippen molar-refractivity contribution in [2.45, 2.75) is 49.7 Å². The normalized spacial score (nSPS) is 24.6. The quantitative estimate of drug-likeness (QED) is 0.679. The highest BCUT2D eigenvalue weighted by Crippen LogP contribution is 2.43. The van der Waals surface area contributed by atoms with Crippen LogP contribution in [0.25, 0.3) is 0 Å². The van der Waals surface area contributed by atoms with Crippen molar-refractivity contribution in [2.24, 2.45) is 17.0 Å². The fraction of sp³-hybridized carbons (Fsp3) is 0.520. The Morgan fingerprint density at radius 1 is 1.10 bits per heavy atom. The molecule has 3 atom stereocenters. The van der Waals surface area contributed by atoms with E-state index in [2.05, 4.69) is 23.1 Å². The third-order valence-electron chi connectivity index (χ3n) is 7.45. The summed E-state index contributed by atoms with van der Waals surface area (Å²) in [4.78, 5) is 2.51. The minimum atomic E-state index is -3.55. The van der Waals surface area contributed by atoms with Crippen molar-refractivity contribution in [3.63, 3.8) is 0 Å². The molecule has 2 aromatic rings. The molecule has 2 fully saturated rings. The molecule has 6 heteroatoms. The van der Waals surface area contributed by atoms with Crippen LogP contribution < -0.4 is 5.14 Å². The maximum Gasteiger partial charge on any atom is 0.212 e. The lowest BCUT2D eigenvalue weighted by Crippen LogP contribution is -2.41. The summed E-state index contributed by atoms with van der Waals surface area (Å²) in [6.45, 7) is 3.41. The maximum atomic E-state index is 13.8. The number of fused-ring (bicyclic) bond motifs is 1. The van der Waals surface area contributed by atoms with Gasteiger partial charge in [-0.25, -0.2) is 17.9 Å². The van der Waals surface area contributed by atoms with Crippen LogP contribution in [0.15, 0.2) is 42.5 Å². The van der Waals surface area contributed by atoms with E-state index < -0.39 is 15.3 Å². The zero-order valence-electron chi connectivity index (χ0n) is 17.8. The average Bonchev–Trinajstić information content (AvgIpc) is 3.46. The maximum absolute atomic E-state index is 13.8. The van der Waals surface area contributed by atoms with Crippen molar-refractivity contribution in [2.75, 3.05) is 19.6 Å². The predicted molar refractivity (Wildman–Crippen MR) is 121 cm³/mol. The summed E-state index contributed by atoms with van der Waals surface area (Å²) in [6.07, 6.45) is 5.51. The number of primary sulfonamides is 1. The lowest BCUT2D eigenvalue weighted by Gasteiger charge is -2.35. The summed E-state index contributed by atoms with van der Waals surface area (Å²) in [5.74, 6) is 0.840. The van der Waals surface area contributed by atoms with Crippen LogP contribution in [0.3, 0.4) is 0 Å². The highest BCUT2D eigenvalue weighted by Gasteiger charge is 2.39. The first-order valence-electron chi connectivity index (χ1n) is 11.5. The Morgan fingerprint density at radius 2 is 1.90 bits per heavy atom. The van der Waals surface area contributed by atoms with Gasteiger partial charge in [-0.3, -0.25) is 0 Å². The molecule has 3 unspecified atom stereocenters. The highest BCUT2D eigenvalue weighted by molar-refractivity contribution is 7.89. The zero-order chi connectivity index (χ0) is 21.6. The molecular formula is C25H31FN2O2S. The topological polar surface area (TPSA) is 63.4 Å². The standard InChI is InChI=1S/C25H31FN2O2S/c26-22-4-1-3-17(11-22)12-24-21(16-28-9-2-10-28)15-20-6-5-18(13-23(20)24)14-25(19-7-8-19)31(27,29)30/h1,3-6,11,13,19,21,24-25H,2,7-10,12,14-16H2,(H2,27,29,30). The van der Waals surface area contributed by atoms with E-state index in [1.807, 2.05) is 6.07 Å². The van der Waals surface area contributed by atoms with Gasteiger partial charge in [0.2, 0.25) is 10.0 Å². The van der Waals surface area contributed by atoms with E-state index in [-0.39, 0.29) is 11.7 Å². The molecule has 3 aliphatic rings. The van der Waals surface area contributed by atoms with Crippen LogP contribution in [0.2, 0.25) is 0 Å². The first kappa shape index (κ1) is 21.1. The molecule has 2 N–H and O–H groups in total. The number of likely N-dealkylation sites (tertiary alicyclic amines) is 1. The van der Waals surface area contributed by atoms with Crippen LogP contribution in [0.4, 0.5) is 4.39 Å². The lowest BCUT2D eigenvalue weighted by atomic mass is 9.85. The Hall–Kier alpha value is -1.76. The Labute approximate surface area is 184 Å². The first-order valence-corrected chi connectivity index (χ1v) is 13.1. The lowest BCUT2D eigenvalue weighted by molar-refractivity contribution is 0.145. The monoisotopic (exact) mass is 442 g/mol. The van der Waals surface area contributed by atoms with Crippen molar-refractivity contribution < 1.29 is 12.8 Å². The van der Waals surface area contributed by atoms with Crippen molar-refractivity contribution in [3.8, 4) is 0 Å². The number of hydrogen-bond acceptors (Lipinski definition) is 3. The van der Waals surface area contributed by atoms with E-state index in [1.165, 1.54) is 36.7 Å². The second kappa shape index (κ2) is 8.30. The Morgan fingerprint density at radius 3 is 2.55 bits per heavy atom. The third kappa shape index (κ3) is 4.71. The van der Waals surface area contributed by atoms with Gasteiger partial charge >= 0.3 is 0 Å². The summed E-state index contributed by atoms with van der Waals surface area (Å²) < 4.78 is 38.1. The molecule has 0 amide bonds. The summed E-state index contributed by atoms with van der Waals surface area (Å²) in [7, 11) is -3.55. The van der Waals surface area contributed by atoms with Gasteiger partial charge in [0.05, 0.1) is 5.25 Å². The van der Waals surface area contributed by atoms with Crippen molar-refractivity contribution in [1.29, 1.82) is 0 Å². The van der Waals surface area contributed by atoms with Gasteiger partial charge in [0.1, 0.15) is 5.82 Å². The molecule has 0 spiro atoms. The minimum absolute atomic E-state index is 0.191. The average molecular weight is 443 g/mol. The summed E-state index contributed by atoms with van der Waals surface area (Å²) in [5, 5.41) is 5.07. The van der Waals surface area contributed by atoms with Gasteiger partial charge in [0.25, 0.3) is 0 Å². The fourth-order valence-corrected chi connectivity index (χ4v) is 6.75. The summed E-state index contributed by atoms with van der Waals surface area (Å²) >= 11 is 0. The van der Waals surface area contributed by atoms with E-state index >= 15 is 0 Å². The summed E-state index contributed by atoms with van der Waals surface area (Å²) in [6, 6.07) is 13.4.